The lowest BCUT2D eigenvalue weighted by molar-refractivity contribution is -0.129. The molecule has 3 aromatic rings. The van der Waals surface area contributed by atoms with Crippen LogP contribution < -0.4 is 0 Å². The number of aromatic nitrogens is 3. The standard InChI is InChI=1S/C19H20FN5O4S3/c1-13-21-15(11-30-13)10-17-22-23-19(29-17)31-12-18(26)24-5-7-25(8-6-24)32(27,28)16-4-2-3-14(20)9-16/h2-4,9,11H,5-8,10,12H2,1H3. The molecule has 1 saturated heterocycles. The van der Waals surface area contributed by atoms with Crippen LogP contribution in [0.5, 0.6) is 0 Å². The molecule has 0 N–H and O–H groups in total. The minimum absolute atomic E-state index is 0.0900. The third kappa shape index (κ3) is 5.34. The largest absolute Gasteiger partial charge is 0.416 e. The van der Waals surface area contributed by atoms with Gasteiger partial charge in [0.2, 0.25) is 21.8 Å². The second kappa shape index (κ2) is 9.65. The van der Waals surface area contributed by atoms with Gasteiger partial charge in [-0.15, -0.1) is 21.5 Å². The van der Waals surface area contributed by atoms with E-state index in [1.165, 1.54) is 22.5 Å². The van der Waals surface area contributed by atoms with Crippen molar-refractivity contribution in [3.63, 3.8) is 0 Å². The van der Waals surface area contributed by atoms with Crippen molar-refractivity contribution in [2.75, 3.05) is 31.9 Å². The Labute approximate surface area is 192 Å². The highest BCUT2D eigenvalue weighted by Gasteiger charge is 2.30. The van der Waals surface area contributed by atoms with E-state index >= 15 is 0 Å². The third-order valence-electron chi connectivity index (χ3n) is 4.79. The van der Waals surface area contributed by atoms with Gasteiger partial charge < -0.3 is 9.32 Å². The van der Waals surface area contributed by atoms with E-state index in [0.29, 0.717) is 17.5 Å². The zero-order valence-corrected chi connectivity index (χ0v) is 19.6. The summed E-state index contributed by atoms with van der Waals surface area (Å²) in [5.41, 5.74) is 0.856. The molecule has 0 spiro atoms. The summed E-state index contributed by atoms with van der Waals surface area (Å²) < 4.78 is 45.6. The second-order valence-corrected chi connectivity index (χ2v) is 11.0. The van der Waals surface area contributed by atoms with Crippen LogP contribution in [0.4, 0.5) is 4.39 Å². The Kier molecular flexibility index (Phi) is 6.88. The molecular weight excluding hydrogens is 477 g/mol. The minimum atomic E-state index is -3.80. The van der Waals surface area contributed by atoms with Crippen molar-refractivity contribution in [1.82, 2.24) is 24.4 Å². The van der Waals surface area contributed by atoms with Crippen molar-refractivity contribution < 1.29 is 22.0 Å². The molecule has 0 bridgehead atoms. The fourth-order valence-corrected chi connectivity index (χ4v) is 5.93. The Hall–Kier alpha value is -2.35. The van der Waals surface area contributed by atoms with E-state index in [1.807, 2.05) is 12.3 Å². The summed E-state index contributed by atoms with van der Waals surface area (Å²) in [5.74, 6) is -0.217. The van der Waals surface area contributed by atoms with Gasteiger partial charge >= 0.3 is 0 Å². The maximum absolute atomic E-state index is 13.4. The molecule has 32 heavy (non-hydrogen) atoms. The Bertz CT molecular complexity index is 1210. The number of thiazole rings is 1. The van der Waals surface area contributed by atoms with E-state index in [4.69, 9.17) is 4.42 Å². The quantitative estimate of drug-likeness (QED) is 0.457. The van der Waals surface area contributed by atoms with Crippen molar-refractivity contribution in [2.24, 2.45) is 0 Å². The number of benzene rings is 1. The number of aryl methyl sites for hydroxylation is 1. The van der Waals surface area contributed by atoms with Crippen LogP contribution in [0.3, 0.4) is 0 Å². The number of sulfonamides is 1. The fraction of sp³-hybridized carbons (Fsp3) is 0.368. The molecule has 0 aliphatic carbocycles. The summed E-state index contributed by atoms with van der Waals surface area (Å²) in [6.45, 7) is 2.73. The second-order valence-electron chi connectivity index (χ2n) is 7.03. The van der Waals surface area contributed by atoms with Gasteiger partial charge in [-0.3, -0.25) is 4.79 Å². The summed E-state index contributed by atoms with van der Waals surface area (Å²) in [5, 5.41) is 11.1. The number of amides is 1. The normalized spacial score (nSPS) is 15.2. The molecule has 3 heterocycles. The highest BCUT2D eigenvalue weighted by Crippen LogP contribution is 2.21. The van der Waals surface area contributed by atoms with Crippen LogP contribution in [-0.2, 0) is 21.2 Å². The average Bonchev–Trinajstić information content (AvgIpc) is 3.40. The van der Waals surface area contributed by atoms with E-state index in [-0.39, 0.29) is 42.7 Å². The van der Waals surface area contributed by atoms with Gasteiger partial charge in [0.1, 0.15) is 5.82 Å². The molecule has 13 heteroatoms. The van der Waals surface area contributed by atoms with E-state index < -0.39 is 15.8 Å². The first-order valence-electron chi connectivity index (χ1n) is 9.71. The van der Waals surface area contributed by atoms with Gasteiger partial charge in [-0.1, -0.05) is 17.8 Å². The molecule has 1 aliphatic rings. The maximum atomic E-state index is 13.4. The Morgan fingerprint density at radius 3 is 2.72 bits per heavy atom. The molecule has 170 valence electrons. The minimum Gasteiger partial charge on any atom is -0.416 e. The molecule has 0 atom stereocenters. The van der Waals surface area contributed by atoms with Crippen LogP contribution in [0.25, 0.3) is 0 Å². The molecule has 2 aromatic heterocycles. The van der Waals surface area contributed by atoms with Gasteiger partial charge in [-0.25, -0.2) is 17.8 Å². The number of carbonyl (C=O) groups is 1. The van der Waals surface area contributed by atoms with Gasteiger partial charge in [0.05, 0.1) is 27.8 Å². The molecule has 1 fully saturated rings. The van der Waals surface area contributed by atoms with Crippen molar-refractivity contribution in [3.8, 4) is 0 Å². The summed E-state index contributed by atoms with van der Waals surface area (Å²) in [7, 11) is -3.80. The zero-order valence-electron chi connectivity index (χ0n) is 17.1. The summed E-state index contributed by atoms with van der Waals surface area (Å²) in [6, 6.07) is 4.91. The number of carbonyl (C=O) groups excluding carboxylic acids is 1. The molecule has 0 radical (unpaired) electrons. The smallest absolute Gasteiger partial charge is 0.277 e. The molecule has 0 unspecified atom stereocenters. The first-order chi connectivity index (χ1) is 15.3. The lowest BCUT2D eigenvalue weighted by atomic mass is 10.3. The van der Waals surface area contributed by atoms with Crippen molar-refractivity contribution in [1.29, 1.82) is 0 Å². The van der Waals surface area contributed by atoms with Crippen LogP contribution >= 0.6 is 23.1 Å². The number of hydrogen-bond donors (Lipinski definition) is 0. The predicted octanol–water partition coefficient (Wildman–Crippen LogP) is 2.19. The van der Waals surface area contributed by atoms with Gasteiger partial charge in [0, 0.05) is 31.6 Å². The number of halogens is 1. The molecule has 1 aliphatic heterocycles. The number of thioether (sulfide) groups is 1. The molecule has 4 rings (SSSR count). The Morgan fingerprint density at radius 1 is 1.25 bits per heavy atom. The van der Waals surface area contributed by atoms with Crippen LogP contribution in [0, 0.1) is 12.7 Å². The number of nitrogens with zero attached hydrogens (tertiary/aromatic N) is 5. The third-order valence-corrected chi connectivity index (χ3v) is 8.31. The first-order valence-corrected chi connectivity index (χ1v) is 13.0. The van der Waals surface area contributed by atoms with Crippen LogP contribution in [0.2, 0.25) is 0 Å². The van der Waals surface area contributed by atoms with Gasteiger partial charge in [0.15, 0.2) is 0 Å². The lowest BCUT2D eigenvalue weighted by Gasteiger charge is -2.33. The molecule has 9 nitrogen and oxygen atoms in total. The summed E-state index contributed by atoms with van der Waals surface area (Å²) >= 11 is 2.69. The SMILES string of the molecule is Cc1nc(Cc2nnc(SCC(=O)N3CCN(S(=O)(=O)c4cccc(F)c4)CC3)o2)cs1. The maximum Gasteiger partial charge on any atom is 0.277 e. The van der Waals surface area contributed by atoms with Gasteiger partial charge in [0.25, 0.3) is 5.22 Å². The van der Waals surface area contributed by atoms with Crippen LogP contribution in [0.15, 0.2) is 44.2 Å². The molecular formula is C19H20FN5O4S3. The summed E-state index contributed by atoms with van der Waals surface area (Å²) in [6.07, 6.45) is 0.438. The van der Waals surface area contributed by atoms with E-state index in [2.05, 4.69) is 15.2 Å². The molecule has 1 aromatic carbocycles. The topological polar surface area (TPSA) is 110 Å². The molecule has 0 saturated carbocycles. The average molecular weight is 498 g/mol. The Morgan fingerprint density at radius 2 is 2.03 bits per heavy atom. The number of piperazine rings is 1. The van der Waals surface area contributed by atoms with Gasteiger partial charge in [-0.05, 0) is 25.1 Å². The van der Waals surface area contributed by atoms with E-state index in [0.717, 1.165) is 28.5 Å². The number of rotatable bonds is 7. The highest BCUT2D eigenvalue weighted by molar-refractivity contribution is 7.99. The van der Waals surface area contributed by atoms with Crippen LogP contribution in [-0.4, -0.2) is 70.6 Å². The van der Waals surface area contributed by atoms with Crippen molar-refractivity contribution >= 4 is 39.0 Å². The fourth-order valence-electron chi connectivity index (χ4n) is 3.18. The lowest BCUT2D eigenvalue weighted by Crippen LogP contribution is -2.50. The molecule has 1 amide bonds. The summed E-state index contributed by atoms with van der Waals surface area (Å²) in [4.78, 5) is 18.4. The van der Waals surface area contributed by atoms with Crippen molar-refractivity contribution in [3.05, 3.63) is 52.1 Å². The number of hydrogen-bond acceptors (Lipinski definition) is 9. The predicted molar refractivity (Wildman–Crippen MR) is 116 cm³/mol. The Balaban J connectivity index is 1.27. The van der Waals surface area contributed by atoms with E-state index in [1.54, 1.807) is 16.2 Å². The highest BCUT2D eigenvalue weighted by atomic mass is 32.2. The van der Waals surface area contributed by atoms with Crippen molar-refractivity contribution in [2.45, 2.75) is 23.5 Å². The van der Waals surface area contributed by atoms with E-state index in [9.17, 15) is 17.6 Å². The zero-order chi connectivity index (χ0) is 22.7. The monoisotopic (exact) mass is 497 g/mol. The van der Waals surface area contributed by atoms with Gasteiger partial charge in [-0.2, -0.15) is 4.31 Å². The first kappa shape index (κ1) is 22.8. The van der Waals surface area contributed by atoms with Crippen LogP contribution in [0.1, 0.15) is 16.6 Å².